The Hall–Kier alpha value is -1.87. The molecule has 0 heterocycles. The smallest absolute Gasteiger partial charge is 0.119 e. The molecule has 0 fully saturated rings. The minimum absolute atomic E-state index is 0.573. The predicted octanol–water partition coefficient (Wildman–Crippen LogP) is 4.01. The zero-order valence-electron chi connectivity index (χ0n) is 11.3. The molecule has 0 spiro atoms. The third kappa shape index (κ3) is 2.76. The summed E-state index contributed by atoms with van der Waals surface area (Å²) in [5.41, 5.74) is 9.49. The van der Waals surface area contributed by atoms with Gasteiger partial charge in [0, 0.05) is 12.7 Å². The summed E-state index contributed by atoms with van der Waals surface area (Å²) in [5, 5.41) is 0.573. The van der Waals surface area contributed by atoms with E-state index in [1.54, 1.807) is 7.11 Å². The van der Waals surface area contributed by atoms with Crippen LogP contribution in [0, 0.1) is 6.92 Å². The molecule has 2 N–H and O–H groups in total. The van der Waals surface area contributed by atoms with Crippen molar-refractivity contribution in [2.75, 3.05) is 24.8 Å². The molecule has 0 aliphatic carbocycles. The van der Waals surface area contributed by atoms with Crippen LogP contribution in [0.25, 0.3) is 0 Å². The first kappa shape index (κ1) is 13.6. The highest BCUT2D eigenvalue weighted by Crippen LogP contribution is 2.35. The second kappa shape index (κ2) is 5.41. The summed E-state index contributed by atoms with van der Waals surface area (Å²) in [6, 6.07) is 11.7. The van der Waals surface area contributed by atoms with Gasteiger partial charge >= 0.3 is 0 Å². The molecule has 4 heteroatoms. The van der Waals surface area contributed by atoms with Gasteiger partial charge in [-0.25, -0.2) is 0 Å². The molecule has 0 unspecified atom stereocenters. The lowest BCUT2D eigenvalue weighted by Gasteiger charge is -2.22. The van der Waals surface area contributed by atoms with Gasteiger partial charge in [0.05, 0.1) is 23.5 Å². The van der Waals surface area contributed by atoms with Gasteiger partial charge in [0.1, 0.15) is 5.75 Å². The van der Waals surface area contributed by atoms with Crippen molar-refractivity contribution in [1.82, 2.24) is 0 Å². The highest BCUT2D eigenvalue weighted by atomic mass is 35.5. The van der Waals surface area contributed by atoms with Crippen LogP contribution in [0.1, 0.15) is 5.56 Å². The number of ether oxygens (including phenoxy) is 1. The number of hydrogen-bond acceptors (Lipinski definition) is 3. The van der Waals surface area contributed by atoms with E-state index in [-0.39, 0.29) is 0 Å². The third-order valence-electron chi connectivity index (χ3n) is 3.05. The molecule has 2 aromatic carbocycles. The molecule has 0 atom stereocenters. The molecule has 3 nitrogen and oxygen atoms in total. The largest absolute Gasteiger partial charge is 0.497 e. The Morgan fingerprint density at radius 3 is 2.37 bits per heavy atom. The summed E-state index contributed by atoms with van der Waals surface area (Å²) in [7, 11) is 3.61. The second-order valence-electron chi connectivity index (χ2n) is 4.44. The maximum atomic E-state index is 6.28. The monoisotopic (exact) mass is 276 g/mol. The van der Waals surface area contributed by atoms with Crippen molar-refractivity contribution in [3.8, 4) is 5.75 Å². The van der Waals surface area contributed by atoms with E-state index in [1.807, 2.05) is 55.3 Å². The van der Waals surface area contributed by atoms with Crippen LogP contribution in [-0.4, -0.2) is 14.2 Å². The Morgan fingerprint density at radius 1 is 1.16 bits per heavy atom. The minimum atomic E-state index is 0.573. The molecule has 0 radical (unpaired) electrons. The maximum absolute atomic E-state index is 6.28. The average Bonchev–Trinajstić information content (AvgIpc) is 2.42. The zero-order valence-corrected chi connectivity index (χ0v) is 12.0. The number of benzene rings is 2. The van der Waals surface area contributed by atoms with E-state index in [2.05, 4.69) is 0 Å². The van der Waals surface area contributed by atoms with Crippen molar-refractivity contribution in [3.05, 3.63) is 47.0 Å². The number of hydrogen-bond donors (Lipinski definition) is 1. The molecule has 2 rings (SSSR count). The van der Waals surface area contributed by atoms with Gasteiger partial charge in [0.25, 0.3) is 0 Å². The molecule has 2 aromatic rings. The molecule has 0 aliphatic rings. The van der Waals surface area contributed by atoms with Gasteiger partial charge in [0.15, 0.2) is 0 Å². The second-order valence-corrected chi connectivity index (χ2v) is 4.82. The Morgan fingerprint density at radius 2 is 1.79 bits per heavy atom. The molecule has 0 aliphatic heterocycles. The van der Waals surface area contributed by atoms with E-state index in [0.717, 1.165) is 22.7 Å². The van der Waals surface area contributed by atoms with Crippen LogP contribution < -0.4 is 15.4 Å². The topological polar surface area (TPSA) is 38.5 Å². The normalized spacial score (nSPS) is 10.3. The average molecular weight is 277 g/mol. The van der Waals surface area contributed by atoms with Gasteiger partial charge in [-0.2, -0.15) is 0 Å². The number of nitrogens with two attached hydrogens (primary N) is 1. The molecule has 100 valence electrons. The summed E-state index contributed by atoms with van der Waals surface area (Å²) in [6.07, 6.45) is 0. The molecule has 0 aromatic heterocycles. The van der Waals surface area contributed by atoms with E-state index in [1.165, 1.54) is 0 Å². The quantitative estimate of drug-likeness (QED) is 0.861. The van der Waals surface area contributed by atoms with Crippen LogP contribution in [0.2, 0.25) is 5.02 Å². The van der Waals surface area contributed by atoms with Crippen molar-refractivity contribution in [3.63, 3.8) is 0 Å². The fourth-order valence-corrected chi connectivity index (χ4v) is 2.20. The van der Waals surface area contributed by atoms with Crippen LogP contribution in [-0.2, 0) is 0 Å². The molecule has 0 bridgehead atoms. The van der Waals surface area contributed by atoms with Crippen LogP contribution in [0.3, 0.4) is 0 Å². The Balaban J connectivity index is 2.40. The van der Waals surface area contributed by atoms with Crippen molar-refractivity contribution in [2.45, 2.75) is 6.92 Å². The van der Waals surface area contributed by atoms with Gasteiger partial charge in [-0.05, 0) is 48.9 Å². The molecule has 0 saturated carbocycles. The summed E-state index contributed by atoms with van der Waals surface area (Å²) in [5.74, 6) is 0.826. The summed E-state index contributed by atoms with van der Waals surface area (Å²) in [6.45, 7) is 2.00. The number of anilines is 3. The van der Waals surface area contributed by atoms with Crippen molar-refractivity contribution in [2.24, 2.45) is 0 Å². The lowest BCUT2D eigenvalue weighted by molar-refractivity contribution is 0.415. The van der Waals surface area contributed by atoms with Gasteiger partial charge in [-0.3, -0.25) is 0 Å². The molecular formula is C15H17ClN2O. The van der Waals surface area contributed by atoms with Gasteiger partial charge in [0.2, 0.25) is 0 Å². The first-order valence-electron chi connectivity index (χ1n) is 5.96. The van der Waals surface area contributed by atoms with E-state index >= 15 is 0 Å². The lowest BCUT2D eigenvalue weighted by atomic mass is 10.1. The van der Waals surface area contributed by atoms with E-state index in [9.17, 15) is 0 Å². The fraction of sp³-hybridized carbons (Fsp3) is 0.200. The number of methoxy groups -OCH3 is 1. The zero-order chi connectivity index (χ0) is 14.0. The Bertz CT molecular complexity index is 581. The Kier molecular flexibility index (Phi) is 3.86. The lowest BCUT2D eigenvalue weighted by Crippen LogP contribution is -2.11. The van der Waals surface area contributed by atoms with Gasteiger partial charge in [-0.15, -0.1) is 0 Å². The maximum Gasteiger partial charge on any atom is 0.119 e. The summed E-state index contributed by atoms with van der Waals surface area (Å²) >= 11 is 6.28. The first-order chi connectivity index (χ1) is 9.02. The molecule has 19 heavy (non-hydrogen) atoms. The van der Waals surface area contributed by atoms with Crippen LogP contribution in [0.5, 0.6) is 5.75 Å². The predicted molar refractivity (Wildman–Crippen MR) is 81.7 cm³/mol. The van der Waals surface area contributed by atoms with Crippen LogP contribution in [0.15, 0.2) is 36.4 Å². The van der Waals surface area contributed by atoms with E-state index in [0.29, 0.717) is 10.7 Å². The fourth-order valence-electron chi connectivity index (χ4n) is 1.97. The molecule has 0 amide bonds. The van der Waals surface area contributed by atoms with Crippen molar-refractivity contribution >= 4 is 28.7 Å². The number of nitrogens with zero attached hydrogens (tertiary/aromatic N) is 1. The molecule has 0 saturated heterocycles. The summed E-state index contributed by atoms with van der Waals surface area (Å²) in [4.78, 5) is 2.01. The van der Waals surface area contributed by atoms with Gasteiger partial charge < -0.3 is 15.4 Å². The number of rotatable bonds is 3. The van der Waals surface area contributed by atoms with Crippen molar-refractivity contribution in [1.29, 1.82) is 0 Å². The van der Waals surface area contributed by atoms with E-state index < -0.39 is 0 Å². The Labute approximate surface area is 118 Å². The summed E-state index contributed by atoms with van der Waals surface area (Å²) < 4.78 is 5.15. The van der Waals surface area contributed by atoms with Crippen molar-refractivity contribution < 1.29 is 4.74 Å². The van der Waals surface area contributed by atoms with Crippen LogP contribution in [0.4, 0.5) is 17.1 Å². The number of nitrogen functional groups attached to an aromatic ring is 1. The highest BCUT2D eigenvalue weighted by Gasteiger charge is 2.11. The van der Waals surface area contributed by atoms with E-state index in [4.69, 9.17) is 22.1 Å². The standard InChI is InChI=1S/C15H17ClN2O/c1-10-8-13(17)15(16)14(9-10)18(2)11-4-6-12(19-3)7-5-11/h4-9H,17H2,1-3H3. The SMILES string of the molecule is COc1ccc(N(C)c2cc(C)cc(N)c2Cl)cc1. The van der Waals surface area contributed by atoms with Gasteiger partial charge in [-0.1, -0.05) is 11.6 Å². The highest BCUT2D eigenvalue weighted by molar-refractivity contribution is 6.36. The molecular weight excluding hydrogens is 260 g/mol. The number of halogens is 1. The minimum Gasteiger partial charge on any atom is -0.497 e. The van der Waals surface area contributed by atoms with Crippen LogP contribution >= 0.6 is 11.6 Å². The third-order valence-corrected chi connectivity index (χ3v) is 3.46. The first-order valence-corrected chi connectivity index (χ1v) is 6.34. The number of aryl methyl sites for hydroxylation is 1.